The predicted octanol–water partition coefficient (Wildman–Crippen LogP) is -2.91. The molecule has 0 aromatic carbocycles. The van der Waals surface area contributed by atoms with E-state index in [2.05, 4.69) is 4.98 Å². The lowest BCUT2D eigenvalue weighted by Crippen LogP contribution is -2.35. The van der Waals surface area contributed by atoms with Gasteiger partial charge in [0.05, 0.1) is 25.0 Å². The maximum atomic E-state index is 9.78. The number of nitrogens with zero attached hydrogens (tertiary/aromatic N) is 1. The van der Waals surface area contributed by atoms with Crippen LogP contribution in [0.1, 0.15) is 17.4 Å². The summed E-state index contributed by atoms with van der Waals surface area (Å²) in [5.74, 6) is 0. The summed E-state index contributed by atoms with van der Waals surface area (Å²) in [5, 5.41) is 64.8. The van der Waals surface area contributed by atoms with E-state index in [0.29, 0.717) is 5.56 Å². The molecule has 0 aliphatic rings. The standard InChI is InChI=1S/C13H21NO7/c15-5-10(18)9(17)3-7-1-2-8(14-4-7)12(20)13(21)11(19)6-16/h1-2,4,9-13,15-21H,3,5-6H2. The summed E-state index contributed by atoms with van der Waals surface area (Å²) >= 11 is 0. The first-order valence-electron chi connectivity index (χ1n) is 6.47. The topological polar surface area (TPSA) is 154 Å². The van der Waals surface area contributed by atoms with Crippen molar-refractivity contribution in [2.75, 3.05) is 13.2 Å². The van der Waals surface area contributed by atoms with Crippen molar-refractivity contribution >= 4 is 0 Å². The van der Waals surface area contributed by atoms with Gasteiger partial charge in [0.25, 0.3) is 0 Å². The summed E-state index contributed by atoms with van der Waals surface area (Å²) in [4.78, 5) is 3.90. The lowest BCUT2D eigenvalue weighted by molar-refractivity contribution is -0.0789. The van der Waals surface area contributed by atoms with Crippen molar-refractivity contribution in [3.63, 3.8) is 0 Å². The Morgan fingerprint density at radius 3 is 1.95 bits per heavy atom. The highest BCUT2D eigenvalue weighted by Crippen LogP contribution is 2.18. The van der Waals surface area contributed by atoms with Crippen molar-refractivity contribution in [2.45, 2.75) is 36.9 Å². The monoisotopic (exact) mass is 303 g/mol. The highest BCUT2D eigenvalue weighted by atomic mass is 16.4. The third-order valence-corrected chi connectivity index (χ3v) is 3.13. The van der Waals surface area contributed by atoms with E-state index in [-0.39, 0.29) is 12.1 Å². The van der Waals surface area contributed by atoms with Gasteiger partial charge in [-0.2, -0.15) is 0 Å². The van der Waals surface area contributed by atoms with E-state index < -0.39 is 43.7 Å². The summed E-state index contributed by atoms with van der Waals surface area (Å²) in [6.45, 7) is -1.25. The molecule has 1 rings (SSSR count). The molecule has 1 aromatic heterocycles. The highest BCUT2D eigenvalue weighted by Gasteiger charge is 2.26. The lowest BCUT2D eigenvalue weighted by atomic mass is 10.0. The average molecular weight is 303 g/mol. The SMILES string of the molecule is OCC(O)C(O)Cc1ccc(C(O)C(O)C(O)CO)nc1. The van der Waals surface area contributed by atoms with Crippen molar-refractivity contribution < 1.29 is 35.7 Å². The molecule has 8 nitrogen and oxygen atoms in total. The number of hydrogen-bond donors (Lipinski definition) is 7. The fraction of sp³-hybridized carbons (Fsp3) is 0.615. The van der Waals surface area contributed by atoms with Crippen LogP contribution < -0.4 is 0 Å². The van der Waals surface area contributed by atoms with Crippen molar-refractivity contribution in [3.05, 3.63) is 29.6 Å². The van der Waals surface area contributed by atoms with E-state index in [1.807, 2.05) is 0 Å². The van der Waals surface area contributed by atoms with Crippen molar-refractivity contribution in [2.24, 2.45) is 0 Å². The van der Waals surface area contributed by atoms with E-state index in [1.165, 1.54) is 18.3 Å². The Bertz CT molecular complexity index is 413. The van der Waals surface area contributed by atoms with E-state index in [9.17, 15) is 25.5 Å². The van der Waals surface area contributed by atoms with E-state index in [1.54, 1.807) is 0 Å². The van der Waals surface area contributed by atoms with Crippen molar-refractivity contribution in [1.29, 1.82) is 0 Å². The van der Waals surface area contributed by atoms with Crippen LogP contribution in [0.2, 0.25) is 0 Å². The summed E-state index contributed by atoms with van der Waals surface area (Å²) in [7, 11) is 0. The van der Waals surface area contributed by atoms with Gasteiger partial charge in [0.15, 0.2) is 0 Å². The molecular weight excluding hydrogens is 282 g/mol. The van der Waals surface area contributed by atoms with Crippen LogP contribution in [0, 0.1) is 0 Å². The molecule has 1 aromatic rings. The van der Waals surface area contributed by atoms with Crippen molar-refractivity contribution in [1.82, 2.24) is 4.98 Å². The summed E-state index contributed by atoms with van der Waals surface area (Å²) in [6, 6.07) is 2.92. The minimum Gasteiger partial charge on any atom is -0.394 e. The number of hydrogen-bond acceptors (Lipinski definition) is 8. The molecule has 0 aliphatic heterocycles. The molecular formula is C13H21NO7. The second kappa shape index (κ2) is 8.35. The highest BCUT2D eigenvalue weighted by molar-refractivity contribution is 5.17. The first-order valence-corrected chi connectivity index (χ1v) is 6.47. The molecule has 21 heavy (non-hydrogen) atoms. The molecule has 5 atom stereocenters. The van der Waals surface area contributed by atoms with Crippen LogP contribution in [0.25, 0.3) is 0 Å². The molecule has 7 N–H and O–H groups in total. The number of rotatable bonds is 8. The Hall–Kier alpha value is -1.13. The van der Waals surface area contributed by atoms with Gasteiger partial charge in [-0.05, 0) is 11.6 Å². The van der Waals surface area contributed by atoms with Gasteiger partial charge in [0, 0.05) is 12.6 Å². The van der Waals surface area contributed by atoms with Gasteiger partial charge < -0.3 is 35.7 Å². The van der Waals surface area contributed by atoms with Crippen LogP contribution in [0.3, 0.4) is 0 Å². The third-order valence-electron chi connectivity index (χ3n) is 3.13. The zero-order chi connectivity index (χ0) is 16.0. The van der Waals surface area contributed by atoms with E-state index in [0.717, 1.165) is 0 Å². The molecule has 0 saturated heterocycles. The Labute approximate surface area is 121 Å². The molecule has 0 amide bonds. The van der Waals surface area contributed by atoms with Crippen LogP contribution in [-0.2, 0) is 6.42 Å². The third kappa shape index (κ3) is 4.97. The van der Waals surface area contributed by atoms with Crippen LogP contribution in [-0.4, -0.2) is 78.4 Å². The van der Waals surface area contributed by atoms with Crippen LogP contribution in [0.15, 0.2) is 18.3 Å². The predicted molar refractivity (Wildman–Crippen MR) is 71.1 cm³/mol. The second-order valence-corrected chi connectivity index (χ2v) is 4.80. The normalized spacial score (nSPS) is 18.8. The van der Waals surface area contributed by atoms with Gasteiger partial charge in [-0.1, -0.05) is 6.07 Å². The van der Waals surface area contributed by atoms with E-state index in [4.69, 9.17) is 10.2 Å². The van der Waals surface area contributed by atoms with Crippen LogP contribution in [0.5, 0.6) is 0 Å². The zero-order valence-electron chi connectivity index (χ0n) is 11.3. The number of aliphatic hydroxyl groups is 7. The van der Waals surface area contributed by atoms with Crippen LogP contribution >= 0.6 is 0 Å². The quantitative estimate of drug-likeness (QED) is 0.269. The van der Waals surface area contributed by atoms with Crippen molar-refractivity contribution in [3.8, 4) is 0 Å². The fourth-order valence-electron chi connectivity index (χ4n) is 1.72. The van der Waals surface area contributed by atoms with Gasteiger partial charge in [-0.3, -0.25) is 4.98 Å². The molecule has 0 bridgehead atoms. The summed E-state index contributed by atoms with van der Waals surface area (Å²) in [5.41, 5.74) is 0.652. The van der Waals surface area contributed by atoms with Gasteiger partial charge in [-0.25, -0.2) is 0 Å². The average Bonchev–Trinajstić information content (AvgIpc) is 2.52. The van der Waals surface area contributed by atoms with Crippen LogP contribution in [0.4, 0.5) is 0 Å². The molecule has 0 spiro atoms. The second-order valence-electron chi connectivity index (χ2n) is 4.80. The first kappa shape index (κ1) is 17.9. The lowest BCUT2D eigenvalue weighted by Gasteiger charge is -2.21. The first-order chi connectivity index (χ1) is 9.90. The number of aliphatic hydroxyl groups excluding tert-OH is 7. The maximum Gasteiger partial charge on any atom is 0.124 e. The Balaban J connectivity index is 2.69. The molecule has 0 aliphatic carbocycles. The molecule has 0 fully saturated rings. The molecule has 1 heterocycles. The molecule has 8 heteroatoms. The smallest absolute Gasteiger partial charge is 0.124 e. The minimum absolute atomic E-state index is 0.0624. The van der Waals surface area contributed by atoms with Gasteiger partial charge in [-0.15, -0.1) is 0 Å². The largest absolute Gasteiger partial charge is 0.394 e. The molecule has 0 radical (unpaired) electrons. The zero-order valence-corrected chi connectivity index (χ0v) is 11.3. The minimum atomic E-state index is -1.57. The Morgan fingerprint density at radius 2 is 1.48 bits per heavy atom. The summed E-state index contributed by atoms with van der Waals surface area (Å²) in [6.07, 6.45) is -5.52. The van der Waals surface area contributed by atoms with Gasteiger partial charge in [0.2, 0.25) is 0 Å². The van der Waals surface area contributed by atoms with Gasteiger partial charge >= 0.3 is 0 Å². The number of pyridine rings is 1. The fourth-order valence-corrected chi connectivity index (χ4v) is 1.72. The summed E-state index contributed by atoms with van der Waals surface area (Å²) < 4.78 is 0. The van der Waals surface area contributed by atoms with E-state index >= 15 is 0 Å². The Morgan fingerprint density at radius 1 is 0.857 bits per heavy atom. The Kier molecular flexibility index (Phi) is 7.12. The number of aromatic nitrogens is 1. The maximum absolute atomic E-state index is 9.78. The molecule has 5 unspecified atom stereocenters. The van der Waals surface area contributed by atoms with Gasteiger partial charge in [0.1, 0.15) is 24.4 Å². The molecule has 0 saturated carbocycles. The molecule has 120 valence electrons.